The highest BCUT2D eigenvalue weighted by atomic mass is 32.2. The highest BCUT2D eigenvalue weighted by Crippen LogP contribution is 2.19. The van der Waals surface area contributed by atoms with Crippen LogP contribution in [0.1, 0.15) is 12.7 Å². The molecule has 0 saturated carbocycles. The van der Waals surface area contributed by atoms with Gasteiger partial charge in [-0.1, -0.05) is 23.4 Å². The quantitative estimate of drug-likeness (QED) is 0.629. The Morgan fingerprint density at radius 1 is 1.11 bits per heavy atom. The molecule has 28 heavy (non-hydrogen) atoms. The molecule has 0 aliphatic heterocycles. The van der Waals surface area contributed by atoms with Gasteiger partial charge >= 0.3 is 0 Å². The predicted molar refractivity (Wildman–Crippen MR) is 104 cm³/mol. The number of carbonyl (C=O) groups excluding carboxylic acids is 1. The van der Waals surface area contributed by atoms with E-state index in [1.807, 2.05) is 18.2 Å². The monoisotopic (exact) mass is 401 g/mol. The number of rotatable bonds is 7. The fourth-order valence-electron chi connectivity index (χ4n) is 2.33. The number of nitrogens with zero attached hydrogens (tertiary/aromatic N) is 1. The largest absolute Gasteiger partial charge is 0.481 e. The van der Waals surface area contributed by atoms with Crippen molar-refractivity contribution in [3.63, 3.8) is 0 Å². The summed E-state index contributed by atoms with van der Waals surface area (Å²) in [5.41, 5.74) is 0.449. The summed E-state index contributed by atoms with van der Waals surface area (Å²) in [5.74, 6) is 0.820. The van der Waals surface area contributed by atoms with E-state index in [1.54, 1.807) is 26.0 Å². The lowest BCUT2D eigenvalue weighted by Gasteiger charge is -2.15. The van der Waals surface area contributed by atoms with E-state index < -0.39 is 16.1 Å². The minimum atomic E-state index is -3.81. The van der Waals surface area contributed by atoms with Crippen molar-refractivity contribution in [3.8, 4) is 5.75 Å². The zero-order valence-corrected chi connectivity index (χ0v) is 16.1. The Hall–Kier alpha value is -3.33. The first-order valence-electron chi connectivity index (χ1n) is 8.42. The van der Waals surface area contributed by atoms with Crippen LogP contribution in [0.5, 0.6) is 5.75 Å². The predicted octanol–water partition coefficient (Wildman–Crippen LogP) is 3.19. The molecule has 0 aliphatic rings. The molecule has 146 valence electrons. The van der Waals surface area contributed by atoms with E-state index >= 15 is 0 Å². The molecule has 3 rings (SSSR count). The summed E-state index contributed by atoms with van der Waals surface area (Å²) in [7, 11) is -3.81. The zero-order valence-electron chi connectivity index (χ0n) is 15.2. The summed E-state index contributed by atoms with van der Waals surface area (Å²) < 4.78 is 37.4. The highest BCUT2D eigenvalue weighted by molar-refractivity contribution is 7.92. The maximum atomic E-state index is 12.4. The number of hydrogen-bond acceptors (Lipinski definition) is 6. The van der Waals surface area contributed by atoms with Crippen LogP contribution >= 0.6 is 0 Å². The van der Waals surface area contributed by atoms with E-state index in [0.717, 1.165) is 0 Å². The van der Waals surface area contributed by atoms with Crippen LogP contribution in [-0.4, -0.2) is 25.6 Å². The molecule has 3 aromatic rings. The number of anilines is 2. The molecule has 0 saturated heterocycles. The van der Waals surface area contributed by atoms with Crippen LogP contribution in [0.15, 0.2) is 70.1 Å². The molecule has 9 heteroatoms. The van der Waals surface area contributed by atoms with E-state index in [9.17, 15) is 13.2 Å². The minimum Gasteiger partial charge on any atom is -0.481 e. The van der Waals surface area contributed by atoms with Gasteiger partial charge in [0, 0.05) is 11.8 Å². The molecule has 1 aromatic heterocycles. The maximum Gasteiger partial charge on any atom is 0.265 e. The van der Waals surface area contributed by atoms with Gasteiger partial charge in [-0.25, -0.2) is 8.42 Å². The normalized spacial score (nSPS) is 12.2. The number of hydrogen-bond donors (Lipinski definition) is 2. The van der Waals surface area contributed by atoms with E-state index in [4.69, 9.17) is 9.26 Å². The van der Waals surface area contributed by atoms with Gasteiger partial charge in [0.25, 0.3) is 15.9 Å². The van der Waals surface area contributed by atoms with Crippen molar-refractivity contribution in [1.82, 2.24) is 5.16 Å². The van der Waals surface area contributed by atoms with Gasteiger partial charge in [-0.3, -0.25) is 9.52 Å². The number of carbonyl (C=O) groups is 1. The van der Waals surface area contributed by atoms with Crippen LogP contribution in [0, 0.1) is 6.92 Å². The van der Waals surface area contributed by atoms with Gasteiger partial charge in [-0.2, -0.15) is 0 Å². The van der Waals surface area contributed by atoms with E-state index in [-0.39, 0.29) is 16.6 Å². The first-order valence-corrected chi connectivity index (χ1v) is 9.90. The molecule has 0 fully saturated rings. The molecule has 1 heterocycles. The Balaban J connectivity index is 1.62. The molecule has 0 aliphatic carbocycles. The Kier molecular flexibility index (Phi) is 5.65. The number of sulfonamides is 1. The van der Waals surface area contributed by atoms with Crippen LogP contribution in [0.25, 0.3) is 0 Å². The van der Waals surface area contributed by atoms with E-state index in [1.165, 1.54) is 30.3 Å². The highest BCUT2D eigenvalue weighted by Gasteiger charge is 2.18. The molecule has 0 radical (unpaired) electrons. The lowest BCUT2D eigenvalue weighted by atomic mass is 10.3. The molecular formula is C19H19N3O5S. The number of aromatic nitrogens is 1. The van der Waals surface area contributed by atoms with Crippen LogP contribution < -0.4 is 14.8 Å². The molecule has 0 spiro atoms. The van der Waals surface area contributed by atoms with E-state index in [2.05, 4.69) is 15.2 Å². The summed E-state index contributed by atoms with van der Waals surface area (Å²) in [6, 6.07) is 16.2. The summed E-state index contributed by atoms with van der Waals surface area (Å²) in [5, 5.41) is 6.29. The molecule has 2 aromatic carbocycles. The average Bonchev–Trinajstić information content (AvgIpc) is 3.07. The van der Waals surface area contributed by atoms with Crippen LogP contribution in [0.3, 0.4) is 0 Å². The van der Waals surface area contributed by atoms with Crippen molar-refractivity contribution >= 4 is 27.4 Å². The second-order valence-electron chi connectivity index (χ2n) is 6.02. The van der Waals surface area contributed by atoms with Gasteiger partial charge in [-0.15, -0.1) is 0 Å². The van der Waals surface area contributed by atoms with Gasteiger partial charge in [0.05, 0.1) is 4.90 Å². The average molecular weight is 401 g/mol. The molecular weight excluding hydrogens is 382 g/mol. The third kappa shape index (κ3) is 4.89. The van der Waals surface area contributed by atoms with Crippen molar-refractivity contribution in [2.75, 3.05) is 10.0 Å². The zero-order chi connectivity index (χ0) is 20.1. The smallest absolute Gasteiger partial charge is 0.265 e. The minimum absolute atomic E-state index is 0.0275. The van der Waals surface area contributed by atoms with Crippen molar-refractivity contribution in [3.05, 3.63) is 66.4 Å². The van der Waals surface area contributed by atoms with Gasteiger partial charge in [0.1, 0.15) is 11.5 Å². The lowest BCUT2D eigenvalue weighted by molar-refractivity contribution is -0.122. The number of nitrogens with one attached hydrogen (secondary N) is 2. The second kappa shape index (κ2) is 8.13. The Labute approximate surface area is 162 Å². The number of ether oxygens (including phenoxy) is 1. The number of benzene rings is 2. The third-order valence-corrected chi connectivity index (χ3v) is 5.09. The van der Waals surface area contributed by atoms with Crippen molar-refractivity contribution in [2.24, 2.45) is 0 Å². The van der Waals surface area contributed by atoms with Crippen molar-refractivity contribution in [2.45, 2.75) is 24.8 Å². The standard InChI is InChI=1S/C19H19N3O5S/c1-13-12-18(21-27-13)22-28(24,25)17-10-8-15(9-11-17)20-19(23)14(2)26-16-6-4-3-5-7-16/h3-12,14H,1-2H3,(H,20,23)(H,21,22)/t14-/m0/s1. The molecule has 0 bridgehead atoms. The molecule has 1 atom stereocenters. The van der Waals surface area contributed by atoms with Crippen molar-refractivity contribution < 1.29 is 22.5 Å². The van der Waals surface area contributed by atoms with Crippen LogP contribution in [0.4, 0.5) is 11.5 Å². The number of amides is 1. The van der Waals surface area contributed by atoms with Crippen LogP contribution in [-0.2, 0) is 14.8 Å². The van der Waals surface area contributed by atoms with Gasteiger partial charge < -0.3 is 14.6 Å². The first-order chi connectivity index (χ1) is 13.3. The summed E-state index contributed by atoms with van der Waals surface area (Å²) in [6.45, 7) is 3.29. The molecule has 0 unspecified atom stereocenters. The van der Waals surface area contributed by atoms with Gasteiger partial charge in [0.15, 0.2) is 11.9 Å². The SMILES string of the molecule is Cc1cc(NS(=O)(=O)c2ccc(NC(=O)[C@H](C)Oc3ccccc3)cc2)no1. The summed E-state index contributed by atoms with van der Waals surface area (Å²) in [4.78, 5) is 12.3. The van der Waals surface area contributed by atoms with E-state index in [0.29, 0.717) is 17.2 Å². The second-order valence-corrected chi connectivity index (χ2v) is 7.70. The topological polar surface area (TPSA) is 111 Å². The van der Waals surface area contributed by atoms with Crippen molar-refractivity contribution in [1.29, 1.82) is 0 Å². The van der Waals surface area contributed by atoms with Gasteiger partial charge in [-0.05, 0) is 50.2 Å². The summed E-state index contributed by atoms with van der Waals surface area (Å²) in [6.07, 6.45) is -0.720. The summed E-state index contributed by atoms with van der Waals surface area (Å²) >= 11 is 0. The Morgan fingerprint density at radius 2 is 1.79 bits per heavy atom. The molecule has 1 amide bonds. The maximum absolute atomic E-state index is 12.4. The number of para-hydroxylation sites is 1. The Morgan fingerprint density at radius 3 is 2.39 bits per heavy atom. The Bertz CT molecular complexity index is 1050. The first kappa shape index (κ1) is 19.4. The number of aryl methyl sites for hydroxylation is 1. The third-order valence-electron chi connectivity index (χ3n) is 3.72. The lowest BCUT2D eigenvalue weighted by Crippen LogP contribution is -2.30. The van der Waals surface area contributed by atoms with Gasteiger partial charge in [0.2, 0.25) is 0 Å². The fourth-order valence-corrected chi connectivity index (χ4v) is 3.31. The van der Waals surface area contributed by atoms with Crippen LogP contribution in [0.2, 0.25) is 0 Å². The fraction of sp³-hybridized carbons (Fsp3) is 0.158. The molecule has 2 N–H and O–H groups in total. The molecule has 8 nitrogen and oxygen atoms in total.